The van der Waals surface area contributed by atoms with E-state index >= 15 is 0 Å². The van der Waals surface area contributed by atoms with E-state index in [0.717, 1.165) is 0 Å². The lowest BCUT2D eigenvalue weighted by atomic mass is 10.2. The summed E-state index contributed by atoms with van der Waals surface area (Å²) in [5, 5.41) is 4.52. The average molecular weight is 461 g/mol. The predicted molar refractivity (Wildman–Crippen MR) is 122 cm³/mol. The monoisotopic (exact) mass is 461 g/mol. The molecule has 8 nitrogen and oxygen atoms in total. The molecule has 0 aliphatic carbocycles. The van der Waals surface area contributed by atoms with Crippen molar-refractivity contribution in [2.45, 2.75) is 6.54 Å². The Hall–Kier alpha value is -4.21. The normalized spacial score (nSPS) is 13.8. The summed E-state index contributed by atoms with van der Waals surface area (Å²) < 4.78 is 28.3. The highest BCUT2D eigenvalue weighted by atomic mass is 19.1. The molecule has 0 saturated carbocycles. The van der Waals surface area contributed by atoms with E-state index in [2.05, 4.69) is 20.1 Å². The Bertz CT molecular complexity index is 1270. The summed E-state index contributed by atoms with van der Waals surface area (Å²) in [6.07, 6.45) is 3.39. The third kappa shape index (κ3) is 4.61. The Morgan fingerprint density at radius 1 is 0.824 bits per heavy atom. The number of anilines is 1. The SMILES string of the molecule is O=C(Cn1nc(-c2ccc(F)cc2)nc1-c1ccc(F)cc1)N1CCN(c2ncccn2)CC1. The third-order valence-corrected chi connectivity index (χ3v) is 5.63. The van der Waals surface area contributed by atoms with Crippen LogP contribution in [-0.4, -0.2) is 61.7 Å². The molecule has 3 heterocycles. The molecule has 1 aliphatic rings. The number of hydrogen-bond acceptors (Lipinski definition) is 6. The second-order valence-electron chi connectivity index (χ2n) is 7.85. The molecule has 10 heteroatoms. The van der Waals surface area contributed by atoms with E-state index < -0.39 is 0 Å². The average Bonchev–Trinajstić information content (AvgIpc) is 3.29. The van der Waals surface area contributed by atoms with Crippen LogP contribution in [0.25, 0.3) is 22.8 Å². The molecule has 1 aliphatic heterocycles. The van der Waals surface area contributed by atoms with Crippen LogP contribution in [0.1, 0.15) is 0 Å². The molecule has 0 N–H and O–H groups in total. The number of carbonyl (C=O) groups is 1. The van der Waals surface area contributed by atoms with Gasteiger partial charge in [0.25, 0.3) is 0 Å². The van der Waals surface area contributed by atoms with Gasteiger partial charge in [0, 0.05) is 49.7 Å². The van der Waals surface area contributed by atoms with Gasteiger partial charge in [0.05, 0.1) is 0 Å². The number of aromatic nitrogens is 5. The van der Waals surface area contributed by atoms with Crippen molar-refractivity contribution >= 4 is 11.9 Å². The Balaban J connectivity index is 1.36. The van der Waals surface area contributed by atoms with Crippen LogP contribution >= 0.6 is 0 Å². The molecule has 4 aromatic rings. The van der Waals surface area contributed by atoms with E-state index in [9.17, 15) is 13.6 Å². The van der Waals surface area contributed by atoms with Gasteiger partial charge in [0.2, 0.25) is 11.9 Å². The minimum Gasteiger partial charge on any atom is -0.338 e. The highest BCUT2D eigenvalue weighted by Crippen LogP contribution is 2.23. The molecule has 1 saturated heterocycles. The summed E-state index contributed by atoms with van der Waals surface area (Å²) in [5.74, 6) is 0.602. The number of piperazine rings is 1. The topological polar surface area (TPSA) is 80.0 Å². The molecule has 172 valence electrons. The lowest BCUT2D eigenvalue weighted by Crippen LogP contribution is -2.50. The van der Waals surface area contributed by atoms with E-state index in [4.69, 9.17) is 0 Å². The van der Waals surface area contributed by atoms with Crippen LogP contribution < -0.4 is 4.90 Å². The summed E-state index contributed by atoms with van der Waals surface area (Å²) in [5.41, 5.74) is 1.24. The molecule has 0 spiro atoms. The molecule has 5 rings (SSSR count). The van der Waals surface area contributed by atoms with Gasteiger partial charge >= 0.3 is 0 Å². The number of hydrogen-bond donors (Lipinski definition) is 0. The number of nitrogens with zero attached hydrogens (tertiary/aromatic N) is 7. The van der Waals surface area contributed by atoms with Gasteiger partial charge in [-0.2, -0.15) is 0 Å². The molecule has 0 unspecified atom stereocenters. The van der Waals surface area contributed by atoms with Gasteiger partial charge < -0.3 is 9.80 Å². The smallest absolute Gasteiger partial charge is 0.244 e. The molecule has 2 aromatic carbocycles. The Kier molecular flexibility index (Phi) is 5.94. The molecule has 0 radical (unpaired) electrons. The van der Waals surface area contributed by atoms with Crippen LogP contribution in [0, 0.1) is 11.6 Å². The highest BCUT2D eigenvalue weighted by molar-refractivity contribution is 5.77. The van der Waals surface area contributed by atoms with E-state index in [1.54, 1.807) is 47.6 Å². The lowest BCUT2D eigenvalue weighted by Gasteiger charge is -2.34. The van der Waals surface area contributed by atoms with Crippen molar-refractivity contribution in [2.24, 2.45) is 0 Å². The Labute approximate surface area is 194 Å². The Morgan fingerprint density at radius 3 is 2.03 bits per heavy atom. The molecular weight excluding hydrogens is 440 g/mol. The second kappa shape index (κ2) is 9.34. The number of amides is 1. The summed E-state index contributed by atoms with van der Waals surface area (Å²) in [4.78, 5) is 30.0. The lowest BCUT2D eigenvalue weighted by molar-refractivity contribution is -0.132. The quantitative estimate of drug-likeness (QED) is 0.455. The fourth-order valence-electron chi connectivity index (χ4n) is 3.82. The van der Waals surface area contributed by atoms with Gasteiger partial charge in [-0.3, -0.25) is 4.79 Å². The van der Waals surface area contributed by atoms with Crippen molar-refractivity contribution < 1.29 is 13.6 Å². The van der Waals surface area contributed by atoms with E-state index in [1.807, 2.05) is 4.90 Å². The first-order chi connectivity index (χ1) is 16.6. The van der Waals surface area contributed by atoms with Crippen LogP contribution in [0.4, 0.5) is 14.7 Å². The van der Waals surface area contributed by atoms with Crippen LogP contribution in [-0.2, 0) is 11.3 Å². The molecule has 34 heavy (non-hydrogen) atoms. The molecule has 0 atom stereocenters. The maximum Gasteiger partial charge on any atom is 0.244 e. The maximum absolute atomic E-state index is 13.5. The van der Waals surface area contributed by atoms with Gasteiger partial charge in [-0.1, -0.05) is 0 Å². The fraction of sp³-hybridized carbons (Fsp3) is 0.208. The fourth-order valence-corrected chi connectivity index (χ4v) is 3.82. The first-order valence-electron chi connectivity index (χ1n) is 10.8. The van der Waals surface area contributed by atoms with Crippen molar-refractivity contribution in [2.75, 3.05) is 31.1 Å². The first kappa shape index (κ1) is 21.6. The van der Waals surface area contributed by atoms with Crippen molar-refractivity contribution in [1.29, 1.82) is 0 Å². The van der Waals surface area contributed by atoms with Crippen LogP contribution in [0.15, 0.2) is 67.0 Å². The highest BCUT2D eigenvalue weighted by Gasteiger charge is 2.24. The number of halogens is 2. The van der Waals surface area contributed by atoms with Crippen molar-refractivity contribution in [3.63, 3.8) is 0 Å². The van der Waals surface area contributed by atoms with Gasteiger partial charge in [-0.25, -0.2) is 28.4 Å². The molecule has 0 bridgehead atoms. The van der Waals surface area contributed by atoms with Crippen LogP contribution in [0.2, 0.25) is 0 Å². The van der Waals surface area contributed by atoms with Gasteiger partial charge in [-0.15, -0.1) is 5.10 Å². The van der Waals surface area contributed by atoms with E-state index in [-0.39, 0.29) is 24.1 Å². The first-order valence-corrected chi connectivity index (χ1v) is 10.8. The summed E-state index contributed by atoms with van der Waals surface area (Å²) in [7, 11) is 0. The van der Waals surface area contributed by atoms with E-state index in [0.29, 0.717) is 54.9 Å². The summed E-state index contributed by atoms with van der Waals surface area (Å²) in [6.45, 7) is 2.28. The van der Waals surface area contributed by atoms with Crippen molar-refractivity contribution in [3.05, 3.63) is 78.6 Å². The maximum atomic E-state index is 13.5. The zero-order valence-electron chi connectivity index (χ0n) is 18.2. The zero-order valence-corrected chi connectivity index (χ0v) is 18.2. The summed E-state index contributed by atoms with van der Waals surface area (Å²) >= 11 is 0. The minimum absolute atomic E-state index is 0.0251. The van der Waals surface area contributed by atoms with Crippen molar-refractivity contribution in [3.8, 4) is 22.8 Å². The molecule has 2 aromatic heterocycles. The number of carbonyl (C=O) groups excluding carboxylic acids is 1. The van der Waals surface area contributed by atoms with E-state index in [1.165, 1.54) is 28.9 Å². The van der Waals surface area contributed by atoms with Gasteiger partial charge in [-0.05, 0) is 54.6 Å². The van der Waals surface area contributed by atoms with Gasteiger partial charge in [0.1, 0.15) is 18.2 Å². The Morgan fingerprint density at radius 2 is 1.41 bits per heavy atom. The predicted octanol–water partition coefficient (Wildman–Crippen LogP) is 3.03. The summed E-state index contributed by atoms with van der Waals surface area (Å²) in [6, 6.07) is 13.4. The van der Waals surface area contributed by atoms with Gasteiger partial charge in [0.15, 0.2) is 11.6 Å². The second-order valence-corrected chi connectivity index (χ2v) is 7.85. The van der Waals surface area contributed by atoms with Crippen LogP contribution in [0.3, 0.4) is 0 Å². The molecule has 1 amide bonds. The number of benzene rings is 2. The largest absolute Gasteiger partial charge is 0.338 e. The molecule has 1 fully saturated rings. The van der Waals surface area contributed by atoms with Crippen molar-refractivity contribution in [1.82, 2.24) is 29.6 Å². The molecular formula is C24H21F2N7O. The minimum atomic E-state index is -0.370. The zero-order chi connectivity index (χ0) is 23.5. The third-order valence-electron chi connectivity index (χ3n) is 5.63. The van der Waals surface area contributed by atoms with Crippen LogP contribution in [0.5, 0.6) is 0 Å². The standard InChI is InChI=1S/C24H21F2N7O/c25-19-6-2-17(3-7-19)22-29-23(18-4-8-20(26)9-5-18)33(30-22)16-21(34)31-12-14-32(15-13-31)24-27-10-1-11-28-24/h1-11H,12-16H2. The number of rotatable bonds is 5.